The maximum Gasteiger partial charge on any atom is 0.251 e. The van der Waals surface area contributed by atoms with Gasteiger partial charge in [0.25, 0.3) is 5.91 Å². The summed E-state index contributed by atoms with van der Waals surface area (Å²) in [4.78, 5) is 23.3. The second-order valence-electron chi connectivity index (χ2n) is 5.20. The molecule has 110 valence electrons. The molecule has 0 saturated heterocycles. The molecule has 2 amide bonds. The van der Waals surface area contributed by atoms with Crippen LogP contribution in [0.25, 0.3) is 0 Å². The normalized spacial score (nSPS) is 10.8. The van der Waals surface area contributed by atoms with Gasteiger partial charge in [0, 0.05) is 26.2 Å². The molecule has 6 heteroatoms. The fraction of sp³-hybridized carbons (Fsp3) is 0.429. The molecule has 0 fully saturated rings. The highest BCUT2D eigenvalue weighted by Gasteiger charge is 2.26. The van der Waals surface area contributed by atoms with Gasteiger partial charge in [-0.1, -0.05) is 0 Å². The van der Waals surface area contributed by atoms with Crippen molar-refractivity contribution in [2.45, 2.75) is 13.8 Å². The van der Waals surface area contributed by atoms with E-state index in [9.17, 15) is 9.59 Å². The second kappa shape index (κ2) is 6.27. The zero-order valence-corrected chi connectivity index (χ0v) is 12.3. The van der Waals surface area contributed by atoms with Crippen LogP contribution in [0, 0.1) is 5.41 Å². The van der Waals surface area contributed by atoms with Crippen LogP contribution in [0.15, 0.2) is 18.2 Å². The molecule has 1 aromatic rings. The first-order valence-corrected chi connectivity index (χ1v) is 6.39. The summed E-state index contributed by atoms with van der Waals surface area (Å²) in [6.45, 7) is 4.07. The van der Waals surface area contributed by atoms with Gasteiger partial charge in [-0.05, 0) is 32.0 Å². The highest BCUT2D eigenvalue weighted by molar-refractivity contribution is 5.96. The molecule has 0 bridgehead atoms. The molecule has 0 aliphatic rings. The third-order valence-electron chi connectivity index (χ3n) is 3.11. The minimum absolute atomic E-state index is 0.0639. The van der Waals surface area contributed by atoms with E-state index in [1.165, 1.54) is 0 Å². The third kappa shape index (κ3) is 3.63. The maximum atomic E-state index is 11.7. The Bertz CT molecular complexity index is 512. The van der Waals surface area contributed by atoms with E-state index in [-0.39, 0.29) is 11.8 Å². The van der Waals surface area contributed by atoms with Crippen LogP contribution in [0.5, 0.6) is 0 Å². The lowest BCUT2D eigenvalue weighted by Crippen LogP contribution is -2.39. The molecule has 20 heavy (non-hydrogen) atoms. The van der Waals surface area contributed by atoms with Gasteiger partial charge in [-0.15, -0.1) is 0 Å². The number of carbonyl (C=O) groups excluding carboxylic acids is 2. The lowest BCUT2D eigenvalue weighted by Gasteiger charge is -2.24. The standard InChI is InChI=1S/C14H22N4O2/c1-14(2,13(20)17-4)8-18-11-7-9(12(19)16-3)5-6-10(11)15/h5-7,18H,8,15H2,1-4H3,(H,16,19)(H,17,20). The summed E-state index contributed by atoms with van der Waals surface area (Å²) in [5.41, 5.74) is 6.99. The van der Waals surface area contributed by atoms with E-state index < -0.39 is 5.41 Å². The Labute approximate surface area is 119 Å². The predicted octanol–water partition coefficient (Wildman–Crippen LogP) is 0.813. The van der Waals surface area contributed by atoms with Crippen LogP contribution in [0.4, 0.5) is 11.4 Å². The molecule has 0 saturated carbocycles. The minimum Gasteiger partial charge on any atom is -0.397 e. The van der Waals surface area contributed by atoms with E-state index in [1.807, 2.05) is 13.8 Å². The maximum absolute atomic E-state index is 11.7. The second-order valence-corrected chi connectivity index (χ2v) is 5.20. The molecule has 5 N–H and O–H groups in total. The first-order chi connectivity index (χ1) is 9.31. The number of hydrogen-bond acceptors (Lipinski definition) is 4. The SMILES string of the molecule is CNC(=O)c1ccc(N)c(NCC(C)(C)C(=O)NC)c1. The molecule has 0 heterocycles. The van der Waals surface area contributed by atoms with Crippen molar-refractivity contribution in [1.29, 1.82) is 0 Å². The Morgan fingerprint density at radius 3 is 2.40 bits per heavy atom. The van der Waals surface area contributed by atoms with Crippen LogP contribution in [0.3, 0.4) is 0 Å². The largest absolute Gasteiger partial charge is 0.397 e. The summed E-state index contributed by atoms with van der Waals surface area (Å²) in [7, 11) is 3.17. The van der Waals surface area contributed by atoms with Crippen LogP contribution in [-0.2, 0) is 4.79 Å². The Morgan fingerprint density at radius 2 is 1.85 bits per heavy atom. The Balaban J connectivity index is 2.87. The van der Waals surface area contributed by atoms with Gasteiger partial charge in [0.05, 0.1) is 16.8 Å². The summed E-state index contributed by atoms with van der Waals surface area (Å²) in [5, 5.41) is 8.30. The van der Waals surface area contributed by atoms with Crippen LogP contribution in [-0.4, -0.2) is 32.5 Å². The lowest BCUT2D eigenvalue weighted by molar-refractivity contribution is -0.128. The highest BCUT2D eigenvalue weighted by Crippen LogP contribution is 2.23. The van der Waals surface area contributed by atoms with Gasteiger partial charge in [0.1, 0.15) is 0 Å². The predicted molar refractivity (Wildman–Crippen MR) is 80.6 cm³/mol. The monoisotopic (exact) mass is 278 g/mol. The molecule has 0 aliphatic carbocycles. The van der Waals surface area contributed by atoms with Crippen LogP contribution < -0.4 is 21.7 Å². The van der Waals surface area contributed by atoms with Gasteiger partial charge >= 0.3 is 0 Å². The van der Waals surface area contributed by atoms with Crippen LogP contribution >= 0.6 is 0 Å². The van der Waals surface area contributed by atoms with E-state index in [2.05, 4.69) is 16.0 Å². The fourth-order valence-corrected chi connectivity index (χ4v) is 1.73. The van der Waals surface area contributed by atoms with Crippen molar-refractivity contribution in [3.63, 3.8) is 0 Å². The smallest absolute Gasteiger partial charge is 0.251 e. The summed E-state index contributed by atoms with van der Waals surface area (Å²) in [5.74, 6) is -0.246. The first kappa shape index (κ1) is 15.8. The number of anilines is 2. The number of hydrogen-bond donors (Lipinski definition) is 4. The van der Waals surface area contributed by atoms with Gasteiger partial charge in [-0.3, -0.25) is 9.59 Å². The van der Waals surface area contributed by atoms with Crippen molar-refractivity contribution in [3.8, 4) is 0 Å². The van der Waals surface area contributed by atoms with Gasteiger partial charge in [-0.2, -0.15) is 0 Å². The number of nitrogens with two attached hydrogens (primary N) is 1. The molecule has 0 aromatic heterocycles. The van der Waals surface area contributed by atoms with Gasteiger partial charge in [0.15, 0.2) is 0 Å². The number of amides is 2. The summed E-state index contributed by atoms with van der Waals surface area (Å²) < 4.78 is 0. The zero-order valence-electron chi connectivity index (χ0n) is 12.3. The number of rotatable bonds is 5. The van der Waals surface area contributed by atoms with Crippen LogP contribution in [0.2, 0.25) is 0 Å². The van der Waals surface area contributed by atoms with E-state index in [0.717, 1.165) is 0 Å². The Morgan fingerprint density at radius 1 is 1.20 bits per heavy atom. The van der Waals surface area contributed by atoms with Crippen molar-refractivity contribution >= 4 is 23.2 Å². The van der Waals surface area contributed by atoms with Crippen molar-refractivity contribution in [2.24, 2.45) is 5.41 Å². The number of nitrogens with one attached hydrogen (secondary N) is 3. The van der Waals surface area contributed by atoms with E-state index in [0.29, 0.717) is 23.5 Å². The minimum atomic E-state index is -0.579. The van der Waals surface area contributed by atoms with Gasteiger partial charge < -0.3 is 21.7 Å². The fourth-order valence-electron chi connectivity index (χ4n) is 1.73. The van der Waals surface area contributed by atoms with Crippen molar-refractivity contribution in [1.82, 2.24) is 10.6 Å². The summed E-state index contributed by atoms with van der Waals surface area (Å²) >= 11 is 0. The molecular formula is C14H22N4O2. The molecule has 0 atom stereocenters. The van der Waals surface area contributed by atoms with E-state index in [4.69, 9.17) is 5.73 Å². The molecule has 0 aliphatic heterocycles. The van der Waals surface area contributed by atoms with Crippen molar-refractivity contribution in [2.75, 3.05) is 31.7 Å². The average Bonchev–Trinajstić information content (AvgIpc) is 2.44. The molecule has 1 aromatic carbocycles. The number of nitrogen functional groups attached to an aromatic ring is 1. The Kier molecular flexibility index (Phi) is 4.96. The van der Waals surface area contributed by atoms with Crippen molar-refractivity contribution < 1.29 is 9.59 Å². The van der Waals surface area contributed by atoms with Crippen LogP contribution in [0.1, 0.15) is 24.2 Å². The molecular weight excluding hydrogens is 256 g/mol. The topological polar surface area (TPSA) is 96.2 Å². The van der Waals surface area contributed by atoms with E-state index >= 15 is 0 Å². The highest BCUT2D eigenvalue weighted by atomic mass is 16.2. The molecule has 6 nitrogen and oxygen atoms in total. The van der Waals surface area contributed by atoms with Crippen molar-refractivity contribution in [3.05, 3.63) is 23.8 Å². The third-order valence-corrected chi connectivity index (χ3v) is 3.11. The average molecular weight is 278 g/mol. The quantitative estimate of drug-likeness (QED) is 0.599. The molecule has 0 radical (unpaired) electrons. The molecule has 0 spiro atoms. The lowest BCUT2D eigenvalue weighted by atomic mass is 9.92. The zero-order chi connectivity index (χ0) is 15.3. The summed E-state index contributed by atoms with van der Waals surface area (Å²) in [6, 6.07) is 5.00. The molecule has 1 rings (SSSR count). The Hall–Kier alpha value is -2.24. The number of carbonyl (C=O) groups is 2. The van der Waals surface area contributed by atoms with E-state index in [1.54, 1.807) is 32.3 Å². The molecule has 0 unspecified atom stereocenters. The first-order valence-electron chi connectivity index (χ1n) is 6.39. The van der Waals surface area contributed by atoms with Gasteiger partial charge in [0.2, 0.25) is 5.91 Å². The summed E-state index contributed by atoms with van der Waals surface area (Å²) in [6.07, 6.45) is 0. The van der Waals surface area contributed by atoms with Gasteiger partial charge in [-0.25, -0.2) is 0 Å². The number of benzene rings is 1.